The highest BCUT2D eigenvalue weighted by molar-refractivity contribution is 8.13. The first-order chi connectivity index (χ1) is 11.6. The van der Waals surface area contributed by atoms with Crippen LogP contribution < -0.4 is 15.2 Å². The predicted molar refractivity (Wildman–Crippen MR) is 101 cm³/mol. The van der Waals surface area contributed by atoms with Gasteiger partial charge in [0, 0.05) is 11.8 Å². The molecule has 0 saturated carbocycles. The van der Waals surface area contributed by atoms with Crippen molar-refractivity contribution in [3.63, 3.8) is 0 Å². The SMILES string of the molecule is CC(C)c1ccc(CSC(N)=Nc2ccc3c(c2)OCCO3)cc1. The summed E-state index contributed by atoms with van der Waals surface area (Å²) in [5, 5.41) is 0.541. The molecule has 2 aromatic carbocycles. The van der Waals surface area contributed by atoms with Gasteiger partial charge in [0.2, 0.25) is 0 Å². The number of nitrogens with two attached hydrogens (primary N) is 1. The van der Waals surface area contributed by atoms with Gasteiger partial charge in [-0.05, 0) is 29.2 Å². The van der Waals surface area contributed by atoms with Crippen molar-refractivity contribution in [3.8, 4) is 11.5 Å². The Hall–Kier alpha value is -2.14. The molecule has 0 bridgehead atoms. The zero-order valence-corrected chi connectivity index (χ0v) is 14.8. The Labute approximate surface area is 147 Å². The van der Waals surface area contributed by atoms with Crippen molar-refractivity contribution in [2.75, 3.05) is 13.2 Å². The van der Waals surface area contributed by atoms with Crippen LogP contribution in [0.25, 0.3) is 0 Å². The lowest BCUT2D eigenvalue weighted by atomic mass is 10.0. The summed E-state index contributed by atoms with van der Waals surface area (Å²) in [6, 6.07) is 14.3. The van der Waals surface area contributed by atoms with Gasteiger partial charge < -0.3 is 15.2 Å². The molecule has 0 saturated heterocycles. The number of amidine groups is 1. The Morgan fingerprint density at radius 3 is 2.50 bits per heavy atom. The molecule has 0 spiro atoms. The lowest BCUT2D eigenvalue weighted by Crippen LogP contribution is -2.15. The molecule has 1 aliphatic rings. The van der Waals surface area contributed by atoms with E-state index in [4.69, 9.17) is 15.2 Å². The van der Waals surface area contributed by atoms with E-state index in [1.807, 2.05) is 18.2 Å². The van der Waals surface area contributed by atoms with Crippen LogP contribution in [0.5, 0.6) is 11.5 Å². The van der Waals surface area contributed by atoms with Crippen LogP contribution in [0.1, 0.15) is 30.9 Å². The van der Waals surface area contributed by atoms with Gasteiger partial charge in [-0.15, -0.1) is 0 Å². The van der Waals surface area contributed by atoms with Gasteiger partial charge in [-0.2, -0.15) is 0 Å². The van der Waals surface area contributed by atoms with Crippen molar-refractivity contribution in [2.24, 2.45) is 10.7 Å². The van der Waals surface area contributed by atoms with Crippen LogP contribution in [-0.4, -0.2) is 18.4 Å². The van der Waals surface area contributed by atoms with Gasteiger partial charge in [-0.1, -0.05) is 49.9 Å². The van der Waals surface area contributed by atoms with E-state index < -0.39 is 0 Å². The molecule has 0 fully saturated rings. The molecule has 2 aromatic rings. The molecule has 3 rings (SSSR count). The van der Waals surface area contributed by atoms with Crippen LogP contribution in [0.3, 0.4) is 0 Å². The number of ether oxygens (including phenoxy) is 2. The summed E-state index contributed by atoms with van der Waals surface area (Å²) < 4.78 is 11.1. The average molecular weight is 342 g/mol. The van der Waals surface area contributed by atoms with E-state index in [9.17, 15) is 0 Å². The maximum Gasteiger partial charge on any atom is 0.163 e. The van der Waals surface area contributed by atoms with E-state index in [0.29, 0.717) is 24.3 Å². The minimum atomic E-state index is 0.541. The van der Waals surface area contributed by atoms with Crippen molar-refractivity contribution >= 4 is 22.6 Å². The largest absolute Gasteiger partial charge is 0.486 e. The van der Waals surface area contributed by atoms with E-state index in [0.717, 1.165) is 22.9 Å². The van der Waals surface area contributed by atoms with Crippen LogP contribution in [0.2, 0.25) is 0 Å². The molecule has 1 heterocycles. The Balaban J connectivity index is 1.62. The molecule has 24 heavy (non-hydrogen) atoms. The second kappa shape index (κ2) is 7.62. The first kappa shape index (κ1) is 16.7. The third-order valence-corrected chi connectivity index (χ3v) is 4.66. The molecule has 1 aliphatic heterocycles. The Morgan fingerprint density at radius 1 is 1.08 bits per heavy atom. The van der Waals surface area contributed by atoms with E-state index in [1.54, 1.807) is 0 Å². The highest BCUT2D eigenvalue weighted by Gasteiger charge is 2.11. The summed E-state index contributed by atoms with van der Waals surface area (Å²) >= 11 is 1.53. The minimum Gasteiger partial charge on any atom is -0.486 e. The summed E-state index contributed by atoms with van der Waals surface area (Å²) in [5.41, 5.74) is 9.42. The van der Waals surface area contributed by atoms with E-state index in [1.165, 1.54) is 22.9 Å². The lowest BCUT2D eigenvalue weighted by Gasteiger charge is -2.18. The maximum absolute atomic E-state index is 6.05. The Bertz CT molecular complexity index is 727. The molecule has 0 amide bonds. The van der Waals surface area contributed by atoms with Crippen LogP contribution >= 0.6 is 11.8 Å². The Morgan fingerprint density at radius 2 is 1.79 bits per heavy atom. The molecule has 5 heteroatoms. The van der Waals surface area contributed by atoms with Gasteiger partial charge >= 0.3 is 0 Å². The molecular formula is C19H22N2O2S. The van der Waals surface area contributed by atoms with E-state index >= 15 is 0 Å². The van der Waals surface area contributed by atoms with Crippen molar-refractivity contribution in [3.05, 3.63) is 53.6 Å². The lowest BCUT2D eigenvalue weighted by molar-refractivity contribution is 0.171. The number of rotatable bonds is 4. The molecule has 0 aliphatic carbocycles. The highest BCUT2D eigenvalue weighted by atomic mass is 32.2. The topological polar surface area (TPSA) is 56.8 Å². The van der Waals surface area contributed by atoms with Crippen molar-refractivity contribution in [1.29, 1.82) is 0 Å². The highest BCUT2D eigenvalue weighted by Crippen LogP contribution is 2.34. The van der Waals surface area contributed by atoms with Crippen molar-refractivity contribution in [2.45, 2.75) is 25.5 Å². The first-order valence-corrected chi connectivity index (χ1v) is 9.06. The van der Waals surface area contributed by atoms with Crippen LogP contribution in [-0.2, 0) is 5.75 Å². The summed E-state index contributed by atoms with van der Waals surface area (Å²) in [5.74, 6) is 2.84. The smallest absolute Gasteiger partial charge is 0.163 e. The molecule has 4 nitrogen and oxygen atoms in total. The Kier molecular flexibility index (Phi) is 5.30. The summed E-state index contributed by atoms with van der Waals surface area (Å²) in [7, 11) is 0. The number of aliphatic imine (C=N–C) groups is 1. The fraction of sp³-hybridized carbons (Fsp3) is 0.316. The summed E-state index contributed by atoms with van der Waals surface area (Å²) in [6.45, 7) is 5.55. The van der Waals surface area contributed by atoms with Gasteiger partial charge in [0.15, 0.2) is 16.7 Å². The van der Waals surface area contributed by atoms with Crippen LogP contribution in [0.15, 0.2) is 47.5 Å². The molecule has 2 N–H and O–H groups in total. The monoisotopic (exact) mass is 342 g/mol. The normalized spacial score (nSPS) is 14.0. The second-order valence-electron chi connectivity index (χ2n) is 5.96. The van der Waals surface area contributed by atoms with Crippen LogP contribution in [0.4, 0.5) is 5.69 Å². The molecule has 0 unspecified atom stereocenters. The van der Waals surface area contributed by atoms with Crippen molar-refractivity contribution < 1.29 is 9.47 Å². The molecule has 126 valence electrons. The number of nitrogens with zero attached hydrogens (tertiary/aromatic N) is 1. The number of benzene rings is 2. The standard InChI is InChI=1S/C19H22N2O2S/c1-13(2)15-5-3-14(4-6-15)12-24-19(20)21-16-7-8-17-18(11-16)23-10-9-22-17/h3-8,11,13H,9-10,12H2,1-2H3,(H2,20,21). The molecule has 0 radical (unpaired) electrons. The summed E-state index contributed by atoms with van der Waals surface area (Å²) in [4.78, 5) is 4.45. The number of hydrogen-bond donors (Lipinski definition) is 1. The molecule has 0 aromatic heterocycles. The average Bonchev–Trinajstić information content (AvgIpc) is 2.60. The van der Waals surface area contributed by atoms with Gasteiger partial charge in [0.05, 0.1) is 5.69 Å². The zero-order valence-electron chi connectivity index (χ0n) is 14.0. The third kappa shape index (κ3) is 4.23. The molecular weight excluding hydrogens is 320 g/mol. The number of hydrogen-bond acceptors (Lipinski definition) is 4. The third-order valence-electron chi connectivity index (χ3n) is 3.80. The van der Waals surface area contributed by atoms with Crippen molar-refractivity contribution in [1.82, 2.24) is 0 Å². The minimum absolute atomic E-state index is 0.541. The number of fused-ring (bicyclic) bond motifs is 1. The second-order valence-corrected chi connectivity index (χ2v) is 6.96. The van der Waals surface area contributed by atoms with Gasteiger partial charge in [0.1, 0.15) is 13.2 Å². The maximum atomic E-state index is 6.05. The fourth-order valence-corrected chi connectivity index (χ4v) is 3.09. The zero-order chi connectivity index (χ0) is 16.9. The van der Waals surface area contributed by atoms with Crippen LogP contribution in [0, 0.1) is 0 Å². The first-order valence-electron chi connectivity index (χ1n) is 8.07. The summed E-state index contributed by atoms with van der Waals surface area (Å²) in [6.07, 6.45) is 0. The fourth-order valence-electron chi connectivity index (χ4n) is 2.42. The quantitative estimate of drug-likeness (QED) is 0.658. The number of thioether (sulfide) groups is 1. The predicted octanol–water partition coefficient (Wildman–Crippen LogP) is 4.46. The van der Waals surface area contributed by atoms with Gasteiger partial charge in [-0.25, -0.2) is 4.99 Å². The van der Waals surface area contributed by atoms with E-state index in [2.05, 4.69) is 43.1 Å². The van der Waals surface area contributed by atoms with Gasteiger partial charge in [0.25, 0.3) is 0 Å². The molecule has 0 atom stereocenters. The van der Waals surface area contributed by atoms with Gasteiger partial charge in [-0.3, -0.25) is 0 Å². The van der Waals surface area contributed by atoms with E-state index in [-0.39, 0.29) is 0 Å².